The fourth-order valence-corrected chi connectivity index (χ4v) is 6.59. The van der Waals surface area contributed by atoms with Crippen molar-refractivity contribution >= 4 is 11.0 Å². The summed E-state index contributed by atoms with van der Waals surface area (Å²) in [6.45, 7) is 5.42. The third-order valence-electron chi connectivity index (χ3n) is 7.69. The number of hydrogen-bond donors (Lipinski definition) is 1. The molecule has 0 spiro atoms. The Hall–Kier alpha value is -1.39. The third kappa shape index (κ3) is 3.29. The summed E-state index contributed by atoms with van der Waals surface area (Å²) in [5.74, 6) is 4.08. The van der Waals surface area contributed by atoms with Crippen LogP contribution in [0.25, 0.3) is 11.0 Å². The van der Waals surface area contributed by atoms with Crippen molar-refractivity contribution in [3.63, 3.8) is 0 Å². The molecule has 4 aliphatic rings. The average molecular weight is 383 g/mol. The summed E-state index contributed by atoms with van der Waals surface area (Å²) in [5, 5.41) is 10.9. The highest BCUT2D eigenvalue weighted by Gasteiger charge is 2.51. The van der Waals surface area contributed by atoms with E-state index in [1.165, 1.54) is 38.5 Å². The molecule has 0 amide bonds. The van der Waals surface area contributed by atoms with Gasteiger partial charge in [0.15, 0.2) is 0 Å². The van der Waals surface area contributed by atoms with Gasteiger partial charge in [-0.1, -0.05) is 26.0 Å². The Morgan fingerprint density at radius 2 is 1.79 bits per heavy atom. The van der Waals surface area contributed by atoms with Gasteiger partial charge in [-0.15, -0.1) is 0 Å². The van der Waals surface area contributed by atoms with Gasteiger partial charge in [0.2, 0.25) is 0 Å². The van der Waals surface area contributed by atoms with Crippen LogP contribution in [0.5, 0.6) is 0 Å². The van der Waals surface area contributed by atoms with Crippen molar-refractivity contribution in [3.8, 4) is 0 Å². The topological polar surface area (TPSA) is 47.3 Å². The Morgan fingerprint density at radius 3 is 2.43 bits per heavy atom. The molecule has 6 rings (SSSR count). The van der Waals surface area contributed by atoms with Crippen LogP contribution in [0, 0.1) is 17.8 Å². The average Bonchev–Trinajstić information content (AvgIpc) is 3.03. The predicted molar refractivity (Wildman–Crippen MR) is 111 cm³/mol. The van der Waals surface area contributed by atoms with Crippen molar-refractivity contribution in [1.29, 1.82) is 0 Å². The normalized spacial score (nSPS) is 33.5. The third-order valence-corrected chi connectivity index (χ3v) is 7.69. The van der Waals surface area contributed by atoms with Gasteiger partial charge >= 0.3 is 0 Å². The van der Waals surface area contributed by atoms with E-state index in [4.69, 9.17) is 9.72 Å². The fourth-order valence-electron chi connectivity index (χ4n) is 6.59. The minimum absolute atomic E-state index is 0.0618. The highest BCUT2D eigenvalue weighted by molar-refractivity contribution is 5.76. The van der Waals surface area contributed by atoms with Gasteiger partial charge in [-0.25, -0.2) is 4.98 Å². The van der Waals surface area contributed by atoms with Crippen molar-refractivity contribution in [2.75, 3.05) is 6.61 Å². The molecule has 4 nitrogen and oxygen atoms in total. The molecule has 4 heteroatoms. The molecule has 0 saturated heterocycles. The molecule has 1 aromatic carbocycles. The number of fused-ring (bicyclic) bond motifs is 1. The van der Waals surface area contributed by atoms with Gasteiger partial charge in [0, 0.05) is 5.92 Å². The maximum absolute atomic E-state index is 10.9. The number of hydrogen-bond acceptors (Lipinski definition) is 3. The van der Waals surface area contributed by atoms with Crippen LogP contribution in [-0.2, 0) is 11.3 Å². The van der Waals surface area contributed by atoms with Crippen molar-refractivity contribution in [3.05, 3.63) is 30.1 Å². The molecule has 4 saturated carbocycles. The van der Waals surface area contributed by atoms with Gasteiger partial charge in [-0.2, -0.15) is 0 Å². The van der Waals surface area contributed by atoms with E-state index in [1.807, 2.05) is 6.07 Å². The summed E-state index contributed by atoms with van der Waals surface area (Å²) >= 11 is 0. The lowest BCUT2D eigenvalue weighted by Gasteiger charge is -2.56. The van der Waals surface area contributed by atoms with Crippen LogP contribution in [0.4, 0.5) is 0 Å². The van der Waals surface area contributed by atoms with Crippen LogP contribution in [-0.4, -0.2) is 33.0 Å². The molecule has 1 N–H and O–H groups in total. The number of aliphatic hydroxyl groups excluding tert-OH is 1. The molecule has 4 fully saturated rings. The lowest BCUT2D eigenvalue weighted by Crippen LogP contribution is -2.52. The van der Waals surface area contributed by atoms with E-state index in [9.17, 15) is 5.11 Å². The lowest BCUT2D eigenvalue weighted by molar-refractivity contribution is -0.175. The summed E-state index contributed by atoms with van der Waals surface area (Å²) in [7, 11) is 0. The maximum Gasteiger partial charge on any atom is 0.112 e. The van der Waals surface area contributed by atoms with Gasteiger partial charge in [0.05, 0.1) is 35.9 Å². The fraction of sp³-hybridized carbons (Fsp3) is 0.708. The molecule has 1 heterocycles. The molecule has 28 heavy (non-hydrogen) atoms. The Kier molecular flexibility index (Phi) is 4.75. The van der Waals surface area contributed by atoms with Gasteiger partial charge in [0.25, 0.3) is 0 Å². The first kappa shape index (κ1) is 18.6. The summed E-state index contributed by atoms with van der Waals surface area (Å²) < 4.78 is 8.73. The number of benzene rings is 1. The van der Waals surface area contributed by atoms with E-state index >= 15 is 0 Å². The summed E-state index contributed by atoms with van der Waals surface area (Å²) in [6.07, 6.45) is 8.48. The molecule has 4 bridgehead atoms. The number of rotatable bonds is 7. The highest BCUT2D eigenvalue weighted by Crippen LogP contribution is 2.57. The SMILES string of the molecule is CCC(C)c1nc2ccccc2n1CC(O)COC12CC3CC(CC(C3)C1)C2. The van der Waals surface area contributed by atoms with Gasteiger partial charge in [0.1, 0.15) is 5.82 Å². The Labute approximate surface area is 168 Å². The van der Waals surface area contributed by atoms with Crippen LogP contribution in [0.15, 0.2) is 24.3 Å². The first-order chi connectivity index (χ1) is 13.5. The molecule has 2 unspecified atom stereocenters. The minimum atomic E-state index is -0.492. The minimum Gasteiger partial charge on any atom is -0.389 e. The van der Waals surface area contributed by atoms with Crippen LogP contribution in [0.3, 0.4) is 0 Å². The first-order valence-electron chi connectivity index (χ1n) is 11.3. The number of para-hydroxylation sites is 2. The highest BCUT2D eigenvalue weighted by atomic mass is 16.5. The van der Waals surface area contributed by atoms with E-state index in [0.717, 1.165) is 41.0 Å². The Balaban J connectivity index is 1.30. The molecule has 2 aromatic rings. The Bertz CT molecular complexity index is 807. The van der Waals surface area contributed by atoms with E-state index in [-0.39, 0.29) is 5.60 Å². The zero-order chi connectivity index (χ0) is 19.3. The van der Waals surface area contributed by atoms with E-state index in [1.54, 1.807) is 0 Å². The molecule has 0 aliphatic heterocycles. The second-order valence-electron chi connectivity index (χ2n) is 9.94. The molecule has 2 atom stereocenters. The monoisotopic (exact) mass is 382 g/mol. The molecular weight excluding hydrogens is 348 g/mol. The van der Waals surface area contributed by atoms with Gasteiger partial charge in [-0.05, 0) is 74.8 Å². The van der Waals surface area contributed by atoms with Crippen LogP contribution >= 0.6 is 0 Å². The van der Waals surface area contributed by atoms with Gasteiger partial charge in [-0.3, -0.25) is 0 Å². The Morgan fingerprint density at radius 1 is 1.14 bits per heavy atom. The predicted octanol–water partition coefficient (Wildman–Crippen LogP) is 4.90. The largest absolute Gasteiger partial charge is 0.389 e. The number of ether oxygens (including phenoxy) is 1. The van der Waals surface area contributed by atoms with Crippen molar-refractivity contribution in [2.45, 2.75) is 83.0 Å². The van der Waals surface area contributed by atoms with Gasteiger partial charge < -0.3 is 14.4 Å². The molecule has 0 radical (unpaired) electrons. The second kappa shape index (κ2) is 7.14. The van der Waals surface area contributed by atoms with E-state index in [0.29, 0.717) is 19.1 Å². The number of aromatic nitrogens is 2. The van der Waals surface area contributed by atoms with Crippen molar-refractivity contribution in [2.24, 2.45) is 17.8 Å². The number of aliphatic hydroxyl groups is 1. The maximum atomic E-state index is 10.9. The number of imidazole rings is 1. The summed E-state index contributed by atoms with van der Waals surface area (Å²) in [6, 6.07) is 8.27. The number of nitrogens with zero attached hydrogens (tertiary/aromatic N) is 2. The van der Waals surface area contributed by atoms with Crippen LogP contribution in [0.2, 0.25) is 0 Å². The molecule has 1 aromatic heterocycles. The zero-order valence-electron chi connectivity index (χ0n) is 17.3. The second-order valence-corrected chi connectivity index (χ2v) is 9.94. The smallest absolute Gasteiger partial charge is 0.112 e. The quantitative estimate of drug-likeness (QED) is 0.741. The van der Waals surface area contributed by atoms with E-state index in [2.05, 4.69) is 36.6 Å². The zero-order valence-corrected chi connectivity index (χ0v) is 17.3. The molecule has 152 valence electrons. The summed E-state index contributed by atoms with van der Waals surface area (Å²) in [5.41, 5.74) is 2.20. The van der Waals surface area contributed by atoms with Crippen molar-refractivity contribution in [1.82, 2.24) is 9.55 Å². The molecule has 4 aliphatic carbocycles. The summed E-state index contributed by atoms with van der Waals surface area (Å²) in [4.78, 5) is 4.86. The van der Waals surface area contributed by atoms with E-state index < -0.39 is 6.10 Å². The molecular formula is C24H34N2O2. The van der Waals surface area contributed by atoms with Crippen LogP contribution in [0.1, 0.15) is 70.5 Å². The van der Waals surface area contributed by atoms with Crippen molar-refractivity contribution < 1.29 is 9.84 Å². The van der Waals surface area contributed by atoms with Crippen LogP contribution < -0.4 is 0 Å². The standard InChI is InChI=1S/C24H34N2O2/c1-3-16(2)23-25-21-6-4-5-7-22(21)26(23)14-20(27)15-28-24-11-17-8-18(12-24)10-19(9-17)13-24/h4-7,16-20,27H,3,8-15H2,1-2H3. The first-order valence-corrected chi connectivity index (χ1v) is 11.3. The lowest BCUT2D eigenvalue weighted by atomic mass is 9.54.